The molecule has 0 aliphatic carbocycles. The summed E-state index contributed by atoms with van der Waals surface area (Å²) in [6.07, 6.45) is 5.33. The van der Waals surface area contributed by atoms with E-state index in [9.17, 15) is 4.21 Å². The topological polar surface area (TPSA) is 42.0 Å². The highest BCUT2D eigenvalue weighted by atomic mass is 35.5. The molecule has 2 unspecified atom stereocenters. The number of rotatable bonds is 4. The van der Waals surface area contributed by atoms with Gasteiger partial charge in [-0.2, -0.15) is 0 Å². The minimum atomic E-state index is -0.821. The molecule has 2 rings (SSSR count). The molecule has 1 aliphatic rings. The van der Waals surface area contributed by atoms with E-state index in [0.29, 0.717) is 16.9 Å². The van der Waals surface area contributed by atoms with Crippen molar-refractivity contribution in [3.8, 4) is 0 Å². The van der Waals surface area contributed by atoms with Gasteiger partial charge in [0.25, 0.3) is 0 Å². The van der Waals surface area contributed by atoms with E-state index in [4.69, 9.17) is 11.6 Å². The Morgan fingerprint density at radius 1 is 1.47 bits per heavy atom. The normalized spacial score (nSPS) is 22.3. The summed E-state index contributed by atoms with van der Waals surface area (Å²) in [5, 5.41) is 3.90. The predicted molar refractivity (Wildman–Crippen MR) is 71.6 cm³/mol. The largest absolute Gasteiger partial charge is 0.313 e. The van der Waals surface area contributed by atoms with Crippen molar-refractivity contribution in [2.24, 2.45) is 0 Å². The highest BCUT2D eigenvalue weighted by molar-refractivity contribution is 7.84. The molecule has 0 aromatic carbocycles. The zero-order valence-corrected chi connectivity index (χ0v) is 11.3. The van der Waals surface area contributed by atoms with Gasteiger partial charge in [-0.15, -0.1) is 0 Å². The van der Waals surface area contributed by atoms with Crippen LogP contribution in [0.15, 0.2) is 18.3 Å². The van der Waals surface area contributed by atoms with Crippen LogP contribution in [0.2, 0.25) is 5.15 Å². The number of piperidine rings is 1. The van der Waals surface area contributed by atoms with Gasteiger partial charge >= 0.3 is 0 Å². The van der Waals surface area contributed by atoms with Crippen LogP contribution in [0.4, 0.5) is 0 Å². The van der Waals surface area contributed by atoms with Crippen molar-refractivity contribution in [3.05, 3.63) is 29.0 Å². The molecule has 1 N–H and O–H groups in total. The fourth-order valence-electron chi connectivity index (χ4n) is 2.03. The van der Waals surface area contributed by atoms with Gasteiger partial charge in [0.15, 0.2) is 0 Å². The number of nitrogens with one attached hydrogen (secondary N) is 1. The maximum absolute atomic E-state index is 12.0. The maximum Gasteiger partial charge on any atom is 0.129 e. The van der Waals surface area contributed by atoms with E-state index in [1.807, 2.05) is 6.07 Å². The van der Waals surface area contributed by atoms with Gasteiger partial charge in [-0.25, -0.2) is 4.98 Å². The van der Waals surface area contributed by atoms with Crippen LogP contribution >= 0.6 is 11.6 Å². The number of halogens is 1. The fraction of sp³-hybridized carbons (Fsp3) is 0.583. The summed E-state index contributed by atoms with van der Waals surface area (Å²) >= 11 is 5.71. The molecular formula is C12H17ClN2OS. The molecule has 2 atom stereocenters. The number of pyridine rings is 1. The molecule has 5 heteroatoms. The molecule has 1 aliphatic heterocycles. The van der Waals surface area contributed by atoms with Crippen LogP contribution in [0.3, 0.4) is 0 Å². The van der Waals surface area contributed by atoms with E-state index >= 15 is 0 Å². The lowest BCUT2D eigenvalue weighted by Gasteiger charge is -2.22. The lowest BCUT2D eigenvalue weighted by Crippen LogP contribution is -2.38. The van der Waals surface area contributed by atoms with Crippen LogP contribution in [-0.4, -0.2) is 27.5 Å². The number of hydrogen-bond donors (Lipinski definition) is 1. The van der Waals surface area contributed by atoms with Gasteiger partial charge in [0.2, 0.25) is 0 Å². The molecule has 2 heterocycles. The molecule has 1 saturated heterocycles. The molecule has 0 amide bonds. The highest BCUT2D eigenvalue weighted by Crippen LogP contribution is 2.11. The summed E-state index contributed by atoms with van der Waals surface area (Å²) in [5.74, 6) is 1.31. The summed E-state index contributed by atoms with van der Waals surface area (Å²) < 4.78 is 12.0. The molecule has 3 nitrogen and oxygen atoms in total. The van der Waals surface area contributed by atoms with E-state index in [2.05, 4.69) is 10.3 Å². The van der Waals surface area contributed by atoms with Gasteiger partial charge in [-0.05, 0) is 31.0 Å². The van der Waals surface area contributed by atoms with Crippen molar-refractivity contribution < 1.29 is 4.21 Å². The summed E-state index contributed by atoms with van der Waals surface area (Å²) in [7, 11) is -0.821. The average molecular weight is 273 g/mol. The number of nitrogens with zero attached hydrogens (tertiary/aromatic N) is 1. The molecule has 0 spiro atoms. The zero-order valence-electron chi connectivity index (χ0n) is 9.69. The van der Waals surface area contributed by atoms with Gasteiger partial charge in [-0.1, -0.05) is 24.1 Å². The lowest BCUT2D eigenvalue weighted by atomic mass is 10.1. The van der Waals surface area contributed by atoms with Crippen LogP contribution in [0.5, 0.6) is 0 Å². The monoisotopic (exact) mass is 272 g/mol. The standard InChI is InChI=1S/C12H17ClN2OS/c13-12-5-4-10(7-15-12)8-17(16)9-11-3-1-2-6-14-11/h4-5,7,11,14H,1-3,6,8-9H2. The SMILES string of the molecule is O=S(Cc1ccc(Cl)nc1)CC1CCCCN1. The Kier molecular flexibility index (Phi) is 4.95. The Hall–Kier alpha value is -0.450. The summed E-state index contributed by atoms with van der Waals surface area (Å²) in [6, 6.07) is 4.05. The minimum Gasteiger partial charge on any atom is -0.313 e. The third kappa shape index (κ3) is 4.37. The Morgan fingerprint density at radius 2 is 2.35 bits per heavy atom. The molecule has 1 aromatic heterocycles. The molecule has 1 fully saturated rings. The minimum absolute atomic E-state index is 0.421. The van der Waals surface area contributed by atoms with Crippen molar-refractivity contribution in [1.29, 1.82) is 0 Å². The summed E-state index contributed by atoms with van der Waals surface area (Å²) in [5.41, 5.74) is 0.989. The van der Waals surface area contributed by atoms with Crippen LogP contribution in [0.1, 0.15) is 24.8 Å². The van der Waals surface area contributed by atoms with E-state index in [1.165, 1.54) is 12.8 Å². The van der Waals surface area contributed by atoms with E-state index in [0.717, 1.165) is 24.3 Å². The second-order valence-corrected chi connectivity index (χ2v) is 6.28. The van der Waals surface area contributed by atoms with Gasteiger partial charge in [0.05, 0.1) is 5.75 Å². The maximum atomic E-state index is 12.0. The van der Waals surface area contributed by atoms with Gasteiger partial charge in [0, 0.05) is 28.8 Å². The molecule has 94 valence electrons. The first-order valence-electron chi connectivity index (χ1n) is 5.93. The summed E-state index contributed by atoms with van der Waals surface area (Å²) in [6.45, 7) is 1.06. The van der Waals surface area contributed by atoms with Crippen LogP contribution in [0.25, 0.3) is 0 Å². The molecule has 0 radical (unpaired) electrons. The van der Waals surface area contributed by atoms with E-state index < -0.39 is 10.8 Å². The van der Waals surface area contributed by atoms with E-state index in [1.54, 1.807) is 12.3 Å². The average Bonchev–Trinajstić information content (AvgIpc) is 2.33. The molecule has 0 saturated carbocycles. The van der Waals surface area contributed by atoms with Crippen molar-refractivity contribution in [3.63, 3.8) is 0 Å². The number of aromatic nitrogens is 1. The van der Waals surface area contributed by atoms with Crippen LogP contribution < -0.4 is 5.32 Å². The van der Waals surface area contributed by atoms with Crippen molar-refractivity contribution in [1.82, 2.24) is 10.3 Å². The van der Waals surface area contributed by atoms with Crippen LogP contribution in [0, 0.1) is 0 Å². The highest BCUT2D eigenvalue weighted by Gasteiger charge is 2.15. The Balaban J connectivity index is 1.82. The van der Waals surface area contributed by atoms with Crippen molar-refractivity contribution in [2.45, 2.75) is 31.1 Å². The molecular weight excluding hydrogens is 256 g/mol. The van der Waals surface area contributed by atoms with Gasteiger partial charge < -0.3 is 5.32 Å². The first-order valence-corrected chi connectivity index (χ1v) is 7.79. The van der Waals surface area contributed by atoms with Crippen molar-refractivity contribution >= 4 is 22.4 Å². The Labute approximate surface area is 109 Å². The third-order valence-corrected chi connectivity index (χ3v) is 4.57. The summed E-state index contributed by atoms with van der Waals surface area (Å²) in [4.78, 5) is 3.99. The Morgan fingerprint density at radius 3 is 3.00 bits per heavy atom. The van der Waals surface area contributed by atoms with Crippen LogP contribution in [-0.2, 0) is 16.6 Å². The van der Waals surface area contributed by atoms with Gasteiger partial charge in [-0.3, -0.25) is 4.21 Å². The first-order chi connectivity index (χ1) is 8.24. The second-order valence-electron chi connectivity index (χ2n) is 4.39. The zero-order chi connectivity index (χ0) is 12.1. The second kappa shape index (κ2) is 6.47. The molecule has 0 bridgehead atoms. The van der Waals surface area contributed by atoms with E-state index in [-0.39, 0.29) is 0 Å². The Bertz CT molecular complexity index is 377. The third-order valence-electron chi connectivity index (χ3n) is 2.92. The molecule has 17 heavy (non-hydrogen) atoms. The quantitative estimate of drug-likeness (QED) is 0.854. The smallest absolute Gasteiger partial charge is 0.129 e. The predicted octanol–water partition coefficient (Wildman–Crippen LogP) is 2.13. The lowest BCUT2D eigenvalue weighted by molar-refractivity contribution is 0.427. The fourth-order valence-corrected chi connectivity index (χ4v) is 3.53. The first kappa shape index (κ1) is 13.0. The van der Waals surface area contributed by atoms with Gasteiger partial charge in [0.1, 0.15) is 5.15 Å². The number of hydrogen-bond acceptors (Lipinski definition) is 3. The molecule has 1 aromatic rings. The van der Waals surface area contributed by atoms with Crippen molar-refractivity contribution in [2.75, 3.05) is 12.3 Å².